The first-order chi connectivity index (χ1) is 18.1. The third kappa shape index (κ3) is 4.95. The van der Waals surface area contributed by atoms with Crippen LogP contribution in [0.5, 0.6) is 11.5 Å². The Bertz CT molecular complexity index is 1550. The van der Waals surface area contributed by atoms with Gasteiger partial charge in [-0.25, -0.2) is 9.67 Å². The molecular formula is C29H27N5O3. The Morgan fingerprint density at radius 3 is 2.41 bits per heavy atom. The van der Waals surface area contributed by atoms with Crippen LogP contribution in [0.15, 0.2) is 85.1 Å². The maximum atomic E-state index is 13.5. The van der Waals surface area contributed by atoms with Gasteiger partial charge in [-0.15, -0.1) is 0 Å². The van der Waals surface area contributed by atoms with Crippen LogP contribution in [0.3, 0.4) is 0 Å². The van der Waals surface area contributed by atoms with Crippen molar-refractivity contribution in [1.29, 1.82) is 0 Å². The number of pyridine rings is 1. The number of fused-ring (bicyclic) bond motifs is 1. The van der Waals surface area contributed by atoms with Gasteiger partial charge in [0.2, 0.25) is 0 Å². The van der Waals surface area contributed by atoms with Gasteiger partial charge in [-0.05, 0) is 48.9 Å². The zero-order valence-corrected chi connectivity index (χ0v) is 20.9. The molecular weight excluding hydrogens is 466 g/mol. The molecule has 1 amide bonds. The number of benzene rings is 3. The molecule has 2 N–H and O–H groups in total. The molecule has 2 aromatic heterocycles. The number of aryl methyl sites for hydroxylation is 1. The van der Waals surface area contributed by atoms with Gasteiger partial charge in [0.25, 0.3) is 5.91 Å². The van der Waals surface area contributed by atoms with Crippen molar-refractivity contribution in [3.05, 3.63) is 102 Å². The molecule has 8 nitrogen and oxygen atoms in total. The van der Waals surface area contributed by atoms with Gasteiger partial charge in [-0.3, -0.25) is 4.79 Å². The summed E-state index contributed by atoms with van der Waals surface area (Å²) < 4.78 is 12.4. The molecule has 0 bridgehead atoms. The number of para-hydroxylation sites is 1. The van der Waals surface area contributed by atoms with Crippen molar-refractivity contribution in [1.82, 2.24) is 14.8 Å². The second kappa shape index (κ2) is 10.4. The Hall–Kier alpha value is -4.85. The van der Waals surface area contributed by atoms with Crippen molar-refractivity contribution in [2.45, 2.75) is 13.5 Å². The van der Waals surface area contributed by atoms with Crippen LogP contribution in [-0.2, 0) is 6.54 Å². The number of carbonyl (C=O) groups is 1. The summed E-state index contributed by atoms with van der Waals surface area (Å²) in [7, 11) is 3.23. The van der Waals surface area contributed by atoms with Crippen molar-refractivity contribution in [2.75, 3.05) is 24.9 Å². The normalized spacial score (nSPS) is 10.8. The van der Waals surface area contributed by atoms with Gasteiger partial charge in [-0.2, -0.15) is 5.10 Å². The van der Waals surface area contributed by atoms with Crippen molar-refractivity contribution < 1.29 is 14.3 Å². The van der Waals surface area contributed by atoms with E-state index >= 15 is 0 Å². The highest BCUT2D eigenvalue weighted by Crippen LogP contribution is 2.32. The molecule has 8 heteroatoms. The predicted octanol–water partition coefficient (Wildman–Crippen LogP) is 5.61. The van der Waals surface area contributed by atoms with Gasteiger partial charge in [0.1, 0.15) is 11.5 Å². The van der Waals surface area contributed by atoms with Crippen molar-refractivity contribution in [3.8, 4) is 17.2 Å². The van der Waals surface area contributed by atoms with E-state index in [2.05, 4.69) is 15.6 Å². The van der Waals surface area contributed by atoms with Crippen LogP contribution >= 0.6 is 0 Å². The number of rotatable bonds is 8. The maximum Gasteiger partial charge on any atom is 0.259 e. The van der Waals surface area contributed by atoms with E-state index in [-0.39, 0.29) is 5.91 Å². The van der Waals surface area contributed by atoms with Crippen LogP contribution in [-0.4, -0.2) is 34.9 Å². The molecule has 0 spiro atoms. The fourth-order valence-corrected chi connectivity index (χ4v) is 4.19. The van der Waals surface area contributed by atoms with E-state index in [4.69, 9.17) is 14.6 Å². The van der Waals surface area contributed by atoms with E-state index in [1.54, 1.807) is 31.2 Å². The lowest BCUT2D eigenvalue weighted by atomic mass is 10.1. The number of hydrogen-bond donors (Lipinski definition) is 2. The number of nitrogens with zero attached hydrogens (tertiary/aromatic N) is 3. The van der Waals surface area contributed by atoms with Gasteiger partial charge in [0.15, 0.2) is 5.65 Å². The molecule has 0 aliphatic rings. The van der Waals surface area contributed by atoms with E-state index < -0.39 is 0 Å². The summed E-state index contributed by atoms with van der Waals surface area (Å²) in [5.74, 6) is 1.16. The van der Waals surface area contributed by atoms with Crippen LogP contribution in [0.4, 0.5) is 11.4 Å². The number of aromatic nitrogens is 3. The molecule has 5 aromatic rings. The van der Waals surface area contributed by atoms with E-state index in [9.17, 15) is 4.79 Å². The Morgan fingerprint density at radius 2 is 1.68 bits per heavy atom. The van der Waals surface area contributed by atoms with Crippen LogP contribution in [0.2, 0.25) is 0 Å². The molecule has 0 saturated heterocycles. The summed E-state index contributed by atoms with van der Waals surface area (Å²) >= 11 is 0. The minimum Gasteiger partial charge on any atom is -0.497 e. The van der Waals surface area contributed by atoms with Gasteiger partial charge >= 0.3 is 0 Å². The number of hydrogen-bond acceptors (Lipinski definition) is 6. The largest absolute Gasteiger partial charge is 0.497 e. The molecule has 0 saturated carbocycles. The first-order valence-corrected chi connectivity index (χ1v) is 11.8. The summed E-state index contributed by atoms with van der Waals surface area (Å²) in [6.07, 6.45) is 1.59. The van der Waals surface area contributed by atoms with E-state index in [1.807, 2.05) is 79.7 Å². The van der Waals surface area contributed by atoms with Gasteiger partial charge in [-0.1, -0.05) is 36.4 Å². The second-order valence-corrected chi connectivity index (χ2v) is 8.47. The first-order valence-electron chi connectivity index (χ1n) is 11.8. The highest BCUT2D eigenvalue weighted by Gasteiger charge is 2.21. The topological polar surface area (TPSA) is 90.3 Å². The lowest BCUT2D eigenvalue weighted by Gasteiger charge is -2.15. The summed E-state index contributed by atoms with van der Waals surface area (Å²) in [5, 5.41) is 12.0. The van der Waals surface area contributed by atoms with Gasteiger partial charge in [0.05, 0.1) is 42.2 Å². The molecule has 5 rings (SSSR count). The van der Waals surface area contributed by atoms with Gasteiger partial charge in [0, 0.05) is 24.5 Å². The van der Waals surface area contributed by atoms with Crippen LogP contribution in [0.25, 0.3) is 16.7 Å². The number of amides is 1. The average molecular weight is 494 g/mol. The number of methoxy groups -OCH3 is 2. The molecule has 0 atom stereocenters. The molecule has 2 heterocycles. The smallest absolute Gasteiger partial charge is 0.259 e. The molecule has 0 aliphatic heterocycles. The SMILES string of the molecule is COc1ccc(CNc2c(C(=O)Nc3cccc(OC)c3)cnc3c2c(C)nn3-c2ccccc2)cc1. The molecule has 0 radical (unpaired) electrons. The molecule has 186 valence electrons. The minimum atomic E-state index is -0.285. The standard InChI is InChI=1S/C29H27N5O3/c1-19-26-27(30-17-20-12-14-23(36-2)15-13-20)25(29(35)32-21-8-7-11-24(16-21)37-3)18-31-28(26)34(33-19)22-9-5-4-6-10-22/h4-16,18H,17H2,1-3H3,(H,30,31)(H,32,35). The number of ether oxygens (including phenoxy) is 2. The maximum absolute atomic E-state index is 13.5. The zero-order valence-electron chi connectivity index (χ0n) is 20.9. The van der Waals surface area contributed by atoms with Crippen LogP contribution in [0, 0.1) is 6.92 Å². The van der Waals surface area contributed by atoms with E-state index in [0.717, 1.165) is 28.1 Å². The lowest BCUT2D eigenvalue weighted by molar-refractivity contribution is 0.102. The number of nitrogens with one attached hydrogen (secondary N) is 2. The third-order valence-electron chi connectivity index (χ3n) is 6.07. The van der Waals surface area contributed by atoms with Crippen molar-refractivity contribution in [2.24, 2.45) is 0 Å². The monoisotopic (exact) mass is 493 g/mol. The highest BCUT2D eigenvalue weighted by atomic mass is 16.5. The predicted molar refractivity (Wildman–Crippen MR) is 145 cm³/mol. The Kier molecular flexibility index (Phi) is 6.72. The first kappa shape index (κ1) is 23.9. The zero-order chi connectivity index (χ0) is 25.8. The Balaban J connectivity index is 1.57. The van der Waals surface area contributed by atoms with Crippen LogP contribution < -0.4 is 20.1 Å². The fourth-order valence-electron chi connectivity index (χ4n) is 4.19. The summed E-state index contributed by atoms with van der Waals surface area (Å²) in [5.41, 5.74) is 5.07. The fraction of sp³-hybridized carbons (Fsp3) is 0.138. The molecule has 0 fully saturated rings. The lowest BCUT2D eigenvalue weighted by Crippen LogP contribution is -2.16. The van der Waals surface area contributed by atoms with Gasteiger partial charge < -0.3 is 20.1 Å². The molecule has 3 aromatic carbocycles. The summed E-state index contributed by atoms with van der Waals surface area (Å²) in [6, 6.07) is 24.8. The third-order valence-corrected chi connectivity index (χ3v) is 6.07. The van der Waals surface area contributed by atoms with E-state index in [1.165, 1.54) is 0 Å². The minimum absolute atomic E-state index is 0.285. The van der Waals surface area contributed by atoms with Crippen molar-refractivity contribution >= 4 is 28.3 Å². The summed E-state index contributed by atoms with van der Waals surface area (Å²) in [4.78, 5) is 18.2. The Labute approximate surface area is 214 Å². The molecule has 0 unspecified atom stereocenters. The number of carbonyl (C=O) groups excluding carboxylic acids is 1. The number of anilines is 2. The second-order valence-electron chi connectivity index (χ2n) is 8.47. The summed E-state index contributed by atoms with van der Waals surface area (Å²) in [6.45, 7) is 2.42. The van der Waals surface area contributed by atoms with Crippen LogP contribution in [0.1, 0.15) is 21.6 Å². The van der Waals surface area contributed by atoms with Crippen molar-refractivity contribution in [3.63, 3.8) is 0 Å². The quantitative estimate of drug-likeness (QED) is 0.292. The van der Waals surface area contributed by atoms with E-state index in [0.29, 0.717) is 34.9 Å². The molecule has 37 heavy (non-hydrogen) atoms. The highest BCUT2D eigenvalue weighted by molar-refractivity contribution is 6.12. The Morgan fingerprint density at radius 1 is 0.919 bits per heavy atom. The molecule has 0 aliphatic carbocycles. The average Bonchev–Trinajstić information content (AvgIpc) is 3.29.